The average Bonchev–Trinajstić information content (AvgIpc) is 3.34. The maximum Gasteiger partial charge on any atom is 0.172 e. The fourth-order valence-corrected chi connectivity index (χ4v) is 4.18. The summed E-state index contributed by atoms with van der Waals surface area (Å²) < 4.78 is 28.6. The topological polar surface area (TPSA) is 70.2 Å². The number of hydrogen-bond donors (Lipinski definition) is 2. The Hall–Kier alpha value is -1.52. The first kappa shape index (κ1) is 18.8. The molecule has 0 fully saturated rings. The van der Waals surface area contributed by atoms with Gasteiger partial charge in [0, 0.05) is 47.7 Å². The van der Waals surface area contributed by atoms with Crippen LogP contribution in [-0.2, 0) is 4.74 Å². The molecule has 0 aliphatic carbocycles. The second-order valence-corrected chi connectivity index (χ2v) is 7.81. The molecule has 2 aliphatic heterocycles. The van der Waals surface area contributed by atoms with Crippen LogP contribution in [0.3, 0.4) is 0 Å². The van der Waals surface area contributed by atoms with Gasteiger partial charge < -0.3 is 34.3 Å². The highest BCUT2D eigenvalue weighted by molar-refractivity contribution is 7.08. The van der Waals surface area contributed by atoms with Crippen molar-refractivity contribution in [2.45, 2.75) is 12.2 Å². The molecule has 9 heteroatoms. The Bertz CT molecular complexity index is 649. The van der Waals surface area contributed by atoms with Gasteiger partial charge >= 0.3 is 0 Å². The molecular formula is C18H24N2O5S2. The highest BCUT2D eigenvalue weighted by Gasteiger charge is 2.22. The van der Waals surface area contributed by atoms with E-state index in [4.69, 9.17) is 23.7 Å². The highest BCUT2D eigenvalue weighted by atomic mass is 32.1. The van der Waals surface area contributed by atoms with Crippen LogP contribution >= 0.6 is 22.7 Å². The van der Waals surface area contributed by atoms with E-state index < -0.39 is 0 Å². The molecule has 0 saturated heterocycles. The summed E-state index contributed by atoms with van der Waals surface area (Å²) in [7, 11) is 0. The van der Waals surface area contributed by atoms with E-state index in [0.29, 0.717) is 26.4 Å². The monoisotopic (exact) mass is 412 g/mol. The zero-order valence-corrected chi connectivity index (χ0v) is 16.6. The van der Waals surface area contributed by atoms with Crippen LogP contribution < -0.4 is 29.6 Å². The van der Waals surface area contributed by atoms with Crippen LogP contribution in [0.2, 0.25) is 0 Å². The smallest absolute Gasteiger partial charge is 0.172 e. The van der Waals surface area contributed by atoms with E-state index in [0.717, 1.165) is 49.2 Å². The molecule has 0 bridgehead atoms. The number of rotatable bonds is 10. The minimum Gasteiger partial charge on any atom is -0.485 e. The summed E-state index contributed by atoms with van der Waals surface area (Å²) in [5, 5.41) is 14.6. The summed E-state index contributed by atoms with van der Waals surface area (Å²) in [4.78, 5) is 0. The molecule has 2 atom stereocenters. The number of ether oxygens (including phenoxy) is 5. The quantitative estimate of drug-likeness (QED) is 0.578. The van der Waals surface area contributed by atoms with Crippen LogP contribution in [0.4, 0.5) is 0 Å². The Morgan fingerprint density at radius 3 is 1.78 bits per heavy atom. The van der Waals surface area contributed by atoms with Gasteiger partial charge in [-0.3, -0.25) is 0 Å². The van der Waals surface area contributed by atoms with E-state index in [-0.39, 0.29) is 12.2 Å². The molecule has 2 N–H and O–H groups in total. The van der Waals surface area contributed by atoms with Gasteiger partial charge in [-0.15, -0.1) is 22.7 Å². The van der Waals surface area contributed by atoms with Crippen LogP contribution in [0.15, 0.2) is 21.5 Å². The Kier molecular flexibility index (Phi) is 6.70. The summed E-state index contributed by atoms with van der Waals surface area (Å²) in [6.45, 7) is 5.58. The van der Waals surface area contributed by atoms with E-state index >= 15 is 0 Å². The predicted octanol–water partition coefficient (Wildman–Crippen LogP) is 1.99. The van der Waals surface area contributed by atoms with Gasteiger partial charge in [0.05, 0.1) is 13.2 Å². The van der Waals surface area contributed by atoms with E-state index in [1.54, 1.807) is 22.7 Å². The normalized spacial score (nSPS) is 20.6. The molecule has 7 nitrogen and oxygen atoms in total. The van der Waals surface area contributed by atoms with Gasteiger partial charge in [-0.2, -0.15) is 0 Å². The van der Waals surface area contributed by atoms with E-state index in [1.165, 1.54) is 0 Å². The molecule has 0 radical (unpaired) electrons. The molecule has 4 heterocycles. The van der Waals surface area contributed by atoms with E-state index in [9.17, 15) is 0 Å². The van der Waals surface area contributed by atoms with Gasteiger partial charge in [0.2, 0.25) is 0 Å². The van der Waals surface area contributed by atoms with Crippen LogP contribution in [0.5, 0.6) is 23.0 Å². The lowest BCUT2D eigenvalue weighted by molar-refractivity contribution is 0.0831. The number of fused-ring (bicyclic) bond motifs is 2. The second kappa shape index (κ2) is 9.61. The number of nitrogens with one attached hydrogen (secondary N) is 2. The number of hydrogen-bond acceptors (Lipinski definition) is 9. The van der Waals surface area contributed by atoms with Gasteiger partial charge in [-0.05, 0) is 0 Å². The van der Waals surface area contributed by atoms with Crippen molar-refractivity contribution in [2.75, 3.05) is 52.6 Å². The molecule has 0 amide bonds. The van der Waals surface area contributed by atoms with Crippen molar-refractivity contribution in [1.82, 2.24) is 10.6 Å². The van der Waals surface area contributed by atoms with Crippen molar-refractivity contribution in [3.05, 3.63) is 21.5 Å². The van der Waals surface area contributed by atoms with Crippen molar-refractivity contribution in [3.8, 4) is 23.0 Å². The summed E-state index contributed by atoms with van der Waals surface area (Å²) in [5.74, 6) is 3.41. The fourth-order valence-electron chi connectivity index (χ4n) is 2.84. The molecule has 0 spiro atoms. The fraction of sp³-hybridized carbons (Fsp3) is 0.556. The summed E-state index contributed by atoms with van der Waals surface area (Å²) in [6.07, 6.45) is 0.102. The molecule has 2 aliphatic rings. The second-order valence-electron chi connectivity index (χ2n) is 6.32. The first-order valence-corrected chi connectivity index (χ1v) is 11.0. The minimum absolute atomic E-state index is 0.0511. The van der Waals surface area contributed by atoms with Gasteiger partial charge in [0.1, 0.15) is 25.4 Å². The molecule has 2 aromatic rings. The molecule has 2 aromatic heterocycles. The SMILES string of the molecule is c1scc2c1OCC(CNCCOCCNCC1COc3cscc3O1)O2. The van der Waals surface area contributed by atoms with Gasteiger partial charge in [-0.25, -0.2) is 0 Å². The van der Waals surface area contributed by atoms with Gasteiger partial charge in [0.15, 0.2) is 23.0 Å². The van der Waals surface area contributed by atoms with Crippen molar-refractivity contribution in [1.29, 1.82) is 0 Å². The Morgan fingerprint density at radius 2 is 1.26 bits per heavy atom. The Morgan fingerprint density at radius 1 is 0.778 bits per heavy atom. The molecule has 0 saturated carbocycles. The maximum absolute atomic E-state index is 5.86. The Labute approximate surface area is 166 Å². The van der Waals surface area contributed by atoms with Gasteiger partial charge in [0.25, 0.3) is 0 Å². The van der Waals surface area contributed by atoms with Crippen molar-refractivity contribution < 1.29 is 23.7 Å². The highest BCUT2D eigenvalue weighted by Crippen LogP contribution is 2.35. The molecule has 27 heavy (non-hydrogen) atoms. The Balaban J connectivity index is 0.982. The lowest BCUT2D eigenvalue weighted by Crippen LogP contribution is -2.40. The standard InChI is InChI=1S/C18H24N2O5S2/c1(19-5-13-7-22-15-9-26-11-17(15)24-13)3-21-4-2-20-6-14-8-23-16-10-27-12-18(16)25-14/h9-14,19-20H,1-8H2. The lowest BCUT2D eigenvalue weighted by atomic mass is 10.3. The molecule has 0 aromatic carbocycles. The van der Waals surface area contributed by atoms with Crippen LogP contribution in [-0.4, -0.2) is 64.8 Å². The van der Waals surface area contributed by atoms with Crippen LogP contribution in [0, 0.1) is 0 Å². The first-order valence-electron chi connectivity index (χ1n) is 9.09. The largest absolute Gasteiger partial charge is 0.485 e. The van der Waals surface area contributed by atoms with E-state index in [2.05, 4.69) is 10.6 Å². The summed E-state index contributed by atoms with van der Waals surface area (Å²) in [5.41, 5.74) is 0. The molecule has 4 rings (SSSR count). The van der Waals surface area contributed by atoms with Crippen molar-refractivity contribution in [2.24, 2.45) is 0 Å². The van der Waals surface area contributed by atoms with Crippen LogP contribution in [0.1, 0.15) is 0 Å². The third kappa shape index (κ3) is 5.26. The average molecular weight is 413 g/mol. The lowest BCUT2D eigenvalue weighted by Gasteiger charge is -2.25. The zero-order chi connectivity index (χ0) is 18.3. The number of thiophene rings is 2. The maximum atomic E-state index is 5.86. The summed E-state index contributed by atoms with van der Waals surface area (Å²) >= 11 is 3.19. The molecule has 2 unspecified atom stereocenters. The first-order chi connectivity index (χ1) is 13.4. The molecular weight excluding hydrogens is 388 g/mol. The third-order valence-corrected chi connectivity index (χ3v) is 5.61. The summed E-state index contributed by atoms with van der Waals surface area (Å²) in [6, 6.07) is 0. The van der Waals surface area contributed by atoms with Crippen LogP contribution in [0.25, 0.3) is 0 Å². The van der Waals surface area contributed by atoms with Crippen molar-refractivity contribution in [3.63, 3.8) is 0 Å². The molecule has 148 valence electrons. The van der Waals surface area contributed by atoms with E-state index in [1.807, 2.05) is 21.5 Å². The zero-order valence-electron chi connectivity index (χ0n) is 15.0. The van der Waals surface area contributed by atoms with Gasteiger partial charge in [-0.1, -0.05) is 0 Å². The van der Waals surface area contributed by atoms with Crippen molar-refractivity contribution >= 4 is 22.7 Å². The third-order valence-electron chi connectivity index (χ3n) is 4.21. The predicted molar refractivity (Wildman–Crippen MR) is 105 cm³/mol. The minimum atomic E-state index is 0.0511.